The molecule has 0 aliphatic rings. The molecule has 0 spiro atoms. The van der Waals surface area contributed by atoms with Gasteiger partial charge in [-0.1, -0.05) is 23.8 Å². The van der Waals surface area contributed by atoms with Crippen LogP contribution in [-0.4, -0.2) is 5.11 Å². The van der Waals surface area contributed by atoms with E-state index >= 15 is 0 Å². The number of nitriles is 1. The maximum absolute atomic E-state index is 8.95. The maximum Gasteiger partial charge on any atom is 0.0682 e. The van der Waals surface area contributed by atoms with Crippen LogP contribution in [0.2, 0.25) is 0 Å². The highest BCUT2D eigenvalue weighted by molar-refractivity contribution is 5.29. The molecule has 0 heterocycles. The van der Waals surface area contributed by atoms with E-state index in [1.165, 1.54) is 0 Å². The van der Waals surface area contributed by atoms with Crippen LogP contribution in [-0.2, 0) is 13.0 Å². The van der Waals surface area contributed by atoms with Gasteiger partial charge in [0.1, 0.15) is 0 Å². The number of aliphatic hydroxyl groups excluding tert-OH is 1. The van der Waals surface area contributed by atoms with Gasteiger partial charge in [-0.25, -0.2) is 0 Å². The third kappa shape index (κ3) is 2.89. The van der Waals surface area contributed by atoms with E-state index in [0.717, 1.165) is 23.1 Å². The Morgan fingerprint density at radius 3 is 2.62 bits per heavy atom. The normalized spacial score (nSPS) is 9.62. The molecule has 2 nitrogen and oxygen atoms in total. The lowest BCUT2D eigenvalue weighted by Crippen LogP contribution is -1.90. The van der Waals surface area contributed by atoms with Crippen LogP contribution in [0.4, 0.5) is 0 Å². The van der Waals surface area contributed by atoms with Crippen LogP contribution in [0, 0.1) is 18.3 Å². The first-order valence-electron chi connectivity index (χ1n) is 4.33. The second-order valence-electron chi connectivity index (χ2n) is 3.14. The van der Waals surface area contributed by atoms with Crippen molar-refractivity contribution in [1.29, 1.82) is 5.26 Å². The van der Waals surface area contributed by atoms with Gasteiger partial charge in [-0.15, -0.1) is 0 Å². The van der Waals surface area contributed by atoms with Gasteiger partial charge in [0.2, 0.25) is 0 Å². The molecule has 68 valence electrons. The minimum atomic E-state index is 0.0707. The summed E-state index contributed by atoms with van der Waals surface area (Å²) in [5, 5.41) is 17.4. The van der Waals surface area contributed by atoms with Gasteiger partial charge in [-0.3, -0.25) is 0 Å². The lowest BCUT2D eigenvalue weighted by Gasteiger charge is -2.03. The molecule has 0 aromatic heterocycles. The Hall–Kier alpha value is -1.33. The predicted octanol–water partition coefficient (Wildman–Crippen LogP) is 1.94. The van der Waals surface area contributed by atoms with Crippen molar-refractivity contribution < 1.29 is 5.11 Å². The predicted molar refractivity (Wildman–Crippen MR) is 51.0 cm³/mol. The van der Waals surface area contributed by atoms with Crippen molar-refractivity contribution in [3.05, 3.63) is 34.9 Å². The monoisotopic (exact) mass is 175 g/mol. The molecule has 0 aliphatic carbocycles. The van der Waals surface area contributed by atoms with Gasteiger partial charge in [0.15, 0.2) is 0 Å². The highest BCUT2D eigenvalue weighted by Crippen LogP contribution is 2.11. The SMILES string of the molecule is Cc1cc(CO)cc(CCC#N)c1. The van der Waals surface area contributed by atoms with Crippen LogP contribution < -0.4 is 0 Å². The molecule has 0 saturated carbocycles. The van der Waals surface area contributed by atoms with E-state index in [4.69, 9.17) is 10.4 Å². The summed E-state index contributed by atoms with van der Waals surface area (Å²) in [6, 6.07) is 8.07. The Morgan fingerprint density at radius 1 is 1.31 bits per heavy atom. The fourth-order valence-electron chi connectivity index (χ4n) is 1.38. The second kappa shape index (κ2) is 4.64. The van der Waals surface area contributed by atoms with Crippen LogP contribution in [0.3, 0.4) is 0 Å². The first-order valence-corrected chi connectivity index (χ1v) is 4.33. The fraction of sp³-hybridized carbons (Fsp3) is 0.364. The Labute approximate surface area is 78.4 Å². The van der Waals surface area contributed by atoms with E-state index in [1.54, 1.807) is 0 Å². The number of nitrogens with zero attached hydrogens (tertiary/aromatic N) is 1. The van der Waals surface area contributed by atoms with Crippen LogP contribution in [0.5, 0.6) is 0 Å². The summed E-state index contributed by atoms with van der Waals surface area (Å²) < 4.78 is 0. The lowest BCUT2D eigenvalue weighted by molar-refractivity contribution is 0.281. The maximum atomic E-state index is 8.95. The molecule has 1 N–H and O–H groups in total. The molecule has 0 aliphatic heterocycles. The van der Waals surface area contributed by atoms with Gasteiger partial charge in [-0.2, -0.15) is 5.26 Å². The molecule has 0 unspecified atom stereocenters. The van der Waals surface area contributed by atoms with E-state index in [1.807, 2.05) is 19.1 Å². The molecule has 0 amide bonds. The standard InChI is InChI=1S/C11H13NO/c1-9-5-10(3-2-4-12)7-11(6-9)8-13/h5-7,13H,2-3,8H2,1H3. The molecule has 1 aromatic carbocycles. The molecule has 0 bridgehead atoms. The molecular weight excluding hydrogens is 162 g/mol. The molecule has 13 heavy (non-hydrogen) atoms. The molecular formula is C11H13NO. The summed E-state index contributed by atoms with van der Waals surface area (Å²) in [6.45, 7) is 2.07. The van der Waals surface area contributed by atoms with E-state index in [9.17, 15) is 0 Å². The van der Waals surface area contributed by atoms with Crippen LogP contribution in [0.1, 0.15) is 23.1 Å². The molecule has 0 radical (unpaired) electrons. The number of aryl methyl sites for hydroxylation is 2. The third-order valence-electron chi connectivity index (χ3n) is 1.90. The molecule has 0 fully saturated rings. The highest BCUT2D eigenvalue weighted by atomic mass is 16.3. The number of benzene rings is 1. The summed E-state index contributed by atoms with van der Waals surface area (Å²) in [6.07, 6.45) is 1.31. The topological polar surface area (TPSA) is 44.0 Å². The molecule has 1 aromatic rings. The van der Waals surface area contributed by atoms with Crippen molar-refractivity contribution in [1.82, 2.24) is 0 Å². The second-order valence-corrected chi connectivity index (χ2v) is 3.14. The first-order chi connectivity index (χ1) is 6.26. The third-order valence-corrected chi connectivity index (χ3v) is 1.90. The highest BCUT2D eigenvalue weighted by Gasteiger charge is 1.97. The summed E-state index contributed by atoms with van der Waals surface area (Å²) >= 11 is 0. The van der Waals surface area contributed by atoms with Crippen molar-refractivity contribution >= 4 is 0 Å². The van der Waals surface area contributed by atoms with Crippen molar-refractivity contribution in [3.8, 4) is 6.07 Å². The molecule has 1 rings (SSSR count). The zero-order valence-electron chi connectivity index (χ0n) is 7.75. The van der Waals surface area contributed by atoms with Crippen LogP contribution in [0.15, 0.2) is 18.2 Å². The lowest BCUT2D eigenvalue weighted by atomic mass is 10.0. The number of hydrogen-bond donors (Lipinski definition) is 1. The van der Waals surface area contributed by atoms with Gasteiger partial charge in [0, 0.05) is 6.42 Å². The minimum absolute atomic E-state index is 0.0707. The number of rotatable bonds is 3. The van der Waals surface area contributed by atoms with Crippen molar-refractivity contribution in [2.45, 2.75) is 26.4 Å². The van der Waals surface area contributed by atoms with Gasteiger partial charge in [0.25, 0.3) is 0 Å². The van der Waals surface area contributed by atoms with E-state index in [-0.39, 0.29) is 6.61 Å². The van der Waals surface area contributed by atoms with Crippen molar-refractivity contribution in [2.24, 2.45) is 0 Å². The van der Waals surface area contributed by atoms with Crippen molar-refractivity contribution in [2.75, 3.05) is 0 Å². The summed E-state index contributed by atoms with van der Waals surface area (Å²) in [5.74, 6) is 0. The van der Waals surface area contributed by atoms with Crippen LogP contribution in [0.25, 0.3) is 0 Å². The average molecular weight is 175 g/mol. The van der Waals surface area contributed by atoms with Gasteiger partial charge >= 0.3 is 0 Å². The zero-order chi connectivity index (χ0) is 9.68. The fourth-order valence-corrected chi connectivity index (χ4v) is 1.38. The van der Waals surface area contributed by atoms with Crippen molar-refractivity contribution in [3.63, 3.8) is 0 Å². The Balaban J connectivity index is 2.83. The van der Waals surface area contributed by atoms with Gasteiger partial charge in [-0.05, 0) is 24.5 Å². The quantitative estimate of drug-likeness (QED) is 0.763. The van der Waals surface area contributed by atoms with Crippen LogP contribution >= 0.6 is 0 Å². The Morgan fingerprint density at radius 2 is 2.00 bits per heavy atom. The molecule has 0 saturated heterocycles. The first kappa shape index (κ1) is 9.76. The van der Waals surface area contributed by atoms with E-state index < -0.39 is 0 Å². The number of hydrogen-bond acceptors (Lipinski definition) is 2. The summed E-state index contributed by atoms with van der Waals surface area (Å²) in [4.78, 5) is 0. The van der Waals surface area contributed by atoms with E-state index in [0.29, 0.717) is 6.42 Å². The van der Waals surface area contributed by atoms with Gasteiger partial charge < -0.3 is 5.11 Å². The molecule has 2 heteroatoms. The summed E-state index contributed by atoms with van der Waals surface area (Å²) in [7, 11) is 0. The average Bonchev–Trinajstić information content (AvgIpc) is 2.14. The van der Waals surface area contributed by atoms with E-state index in [2.05, 4.69) is 12.1 Å². The smallest absolute Gasteiger partial charge is 0.0682 e. The largest absolute Gasteiger partial charge is 0.392 e. The summed E-state index contributed by atoms with van der Waals surface area (Å²) in [5.41, 5.74) is 3.19. The minimum Gasteiger partial charge on any atom is -0.392 e. The Kier molecular flexibility index (Phi) is 3.48. The Bertz CT molecular complexity index is 325. The van der Waals surface area contributed by atoms with Gasteiger partial charge in [0.05, 0.1) is 12.7 Å². The molecule has 0 atom stereocenters. The zero-order valence-corrected chi connectivity index (χ0v) is 7.75. The number of aliphatic hydroxyl groups is 1.